The van der Waals surface area contributed by atoms with Crippen LogP contribution in [0.5, 0.6) is 0 Å². The van der Waals surface area contributed by atoms with Crippen LogP contribution in [-0.4, -0.2) is 32.5 Å². The highest BCUT2D eigenvalue weighted by molar-refractivity contribution is 14.1. The first kappa shape index (κ1) is 12.9. The average Bonchev–Trinajstić information content (AvgIpc) is 2.77. The third-order valence-electron chi connectivity index (χ3n) is 3.09. The van der Waals surface area contributed by atoms with E-state index in [1.54, 1.807) is 7.11 Å². The van der Waals surface area contributed by atoms with Crippen molar-refractivity contribution < 1.29 is 9.47 Å². The van der Waals surface area contributed by atoms with E-state index in [4.69, 9.17) is 15.2 Å². The minimum atomic E-state index is -0.190. The molecule has 17 heavy (non-hydrogen) atoms. The molecule has 94 valence electrons. The summed E-state index contributed by atoms with van der Waals surface area (Å²) in [6.07, 6.45) is 0.933. The largest absolute Gasteiger partial charge is 0.399 e. The maximum Gasteiger partial charge on any atom is 0.110 e. The third-order valence-corrected chi connectivity index (χ3v) is 3.99. The second kappa shape index (κ2) is 5.41. The van der Waals surface area contributed by atoms with E-state index in [0.717, 1.165) is 34.5 Å². The number of nitrogen functional groups attached to an aromatic ring is 1. The monoisotopic (exact) mass is 348 g/mol. The van der Waals surface area contributed by atoms with Crippen molar-refractivity contribution in [3.8, 4) is 0 Å². The fourth-order valence-corrected chi connectivity index (χ4v) is 2.62. The lowest BCUT2D eigenvalue weighted by atomic mass is 10.0. The van der Waals surface area contributed by atoms with Gasteiger partial charge in [-0.3, -0.25) is 0 Å². The van der Waals surface area contributed by atoms with Crippen molar-refractivity contribution >= 4 is 34.0 Å². The third kappa shape index (κ3) is 3.02. The average molecular weight is 348 g/mol. The zero-order valence-electron chi connectivity index (χ0n) is 9.83. The number of nitrogens with two attached hydrogens (primary N) is 1. The molecule has 4 nitrogen and oxygen atoms in total. The van der Waals surface area contributed by atoms with Crippen LogP contribution in [-0.2, 0) is 9.47 Å². The Morgan fingerprint density at radius 3 is 3.00 bits per heavy atom. The van der Waals surface area contributed by atoms with Gasteiger partial charge in [-0.1, -0.05) is 0 Å². The van der Waals surface area contributed by atoms with E-state index in [2.05, 4.69) is 27.9 Å². The minimum absolute atomic E-state index is 0.190. The molecule has 0 saturated carbocycles. The van der Waals surface area contributed by atoms with Crippen LogP contribution in [0.3, 0.4) is 0 Å². The van der Waals surface area contributed by atoms with Gasteiger partial charge in [0.25, 0.3) is 0 Å². The molecular weight excluding hydrogens is 331 g/mol. The van der Waals surface area contributed by atoms with Gasteiger partial charge in [0.05, 0.1) is 6.61 Å². The summed E-state index contributed by atoms with van der Waals surface area (Å²) in [4.78, 5) is 0. The molecule has 0 spiro atoms. The summed E-state index contributed by atoms with van der Waals surface area (Å²) in [5.74, 6) is 0. The van der Waals surface area contributed by atoms with E-state index in [9.17, 15) is 0 Å². The quantitative estimate of drug-likeness (QED) is 0.646. The van der Waals surface area contributed by atoms with Crippen LogP contribution >= 0.6 is 22.6 Å². The Bertz CT molecular complexity index is 392. The molecule has 2 rings (SSSR count). The summed E-state index contributed by atoms with van der Waals surface area (Å²) in [7, 11) is 1.74. The van der Waals surface area contributed by atoms with Crippen molar-refractivity contribution in [2.24, 2.45) is 0 Å². The van der Waals surface area contributed by atoms with Gasteiger partial charge < -0.3 is 20.5 Å². The molecule has 0 amide bonds. The number of methoxy groups -OCH3 is 1. The summed E-state index contributed by atoms with van der Waals surface area (Å²) in [5.41, 5.74) is 7.40. The van der Waals surface area contributed by atoms with Gasteiger partial charge in [0.1, 0.15) is 5.60 Å². The van der Waals surface area contributed by atoms with Crippen LogP contribution < -0.4 is 11.1 Å². The molecule has 0 radical (unpaired) electrons. The Kier molecular flexibility index (Phi) is 4.11. The first-order valence-corrected chi connectivity index (χ1v) is 6.65. The maximum absolute atomic E-state index is 5.72. The zero-order valence-corrected chi connectivity index (χ0v) is 12.0. The molecule has 1 fully saturated rings. The lowest BCUT2D eigenvalue weighted by Gasteiger charge is -2.26. The number of halogens is 1. The first-order valence-electron chi connectivity index (χ1n) is 5.57. The minimum Gasteiger partial charge on any atom is -0.399 e. The molecule has 1 aromatic rings. The Labute approximate surface area is 115 Å². The number of ether oxygens (including phenoxy) is 2. The Morgan fingerprint density at radius 1 is 1.59 bits per heavy atom. The molecule has 0 bridgehead atoms. The van der Waals surface area contributed by atoms with Crippen molar-refractivity contribution in [2.45, 2.75) is 12.0 Å². The van der Waals surface area contributed by atoms with Gasteiger partial charge in [0.2, 0.25) is 0 Å². The van der Waals surface area contributed by atoms with Crippen molar-refractivity contribution in [2.75, 3.05) is 37.9 Å². The Balaban J connectivity index is 2.01. The Hall–Kier alpha value is -0.530. The van der Waals surface area contributed by atoms with Gasteiger partial charge in [-0.2, -0.15) is 0 Å². The topological polar surface area (TPSA) is 56.5 Å². The van der Waals surface area contributed by atoms with E-state index >= 15 is 0 Å². The highest BCUT2D eigenvalue weighted by Crippen LogP contribution is 2.25. The molecule has 3 N–H and O–H groups in total. The van der Waals surface area contributed by atoms with Gasteiger partial charge in [0, 0.05) is 41.6 Å². The highest BCUT2D eigenvalue weighted by atomic mass is 127. The van der Waals surface area contributed by atoms with Crippen LogP contribution in [0.25, 0.3) is 0 Å². The number of nitrogens with one attached hydrogen (secondary N) is 1. The van der Waals surface area contributed by atoms with E-state index in [0.29, 0.717) is 6.61 Å². The zero-order chi connectivity index (χ0) is 12.3. The predicted octanol–water partition coefficient (Wildman–Crippen LogP) is 2.09. The first-order chi connectivity index (χ1) is 8.15. The van der Waals surface area contributed by atoms with Gasteiger partial charge in [-0.15, -0.1) is 0 Å². The molecule has 1 aliphatic rings. The van der Waals surface area contributed by atoms with Gasteiger partial charge in [-0.05, 0) is 40.8 Å². The second-order valence-electron chi connectivity index (χ2n) is 4.28. The molecule has 1 heterocycles. The molecule has 1 aliphatic heterocycles. The maximum atomic E-state index is 5.72. The van der Waals surface area contributed by atoms with E-state index in [1.165, 1.54) is 0 Å². The fraction of sp³-hybridized carbons (Fsp3) is 0.500. The fourth-order valence-electron chi connectivity index (χ4n) is 1.89. The number of hydrogen-bond acceptors (Lipinski definition) is 4. The normalized spacial score (nSPS) is 23.9. The summed E-state index contributed by atoms with van der Waals surface area (Å²) < 4.78 is 12.1. The summed E-state index contributed by atoms with van der Waals surface area (Å²) >= 11 is 2.27. The summed E-state index contributed by atoms with van der Waals surface area (Å²) in [6.45, 7) is 2.18. The van der Waals surface area contributed by atoms with Crippen molar-refractivity contribution in [1.82, 2.24) is 0 Å². The van der Waals surface area contributed by atoms with Crippen LogP contribution in [0, 0.1) is 3.57 Å². The Morgan fingerprint density at radius 2 is 2.41 bits per heavy atom. The molecule has 1 unspecified atom stereocenters. The molecule has 1 aromatic carbocycles. The van der Waals surface area contributed by atoms with Crippen LogP contribution in [0.15, 0.2) is 18.2 Å². The smallest absolute Gasteiger partial charge is 0.110 e. The van der Waals surface area contributed by atoms with E-state index in [1.807, 2.05) is 18.2 Å². The van der Waals surface area contributed by atoms with E-state index in [-0.39, 0.29) is 5.60 Å². The summed E-state index contributed by atoms with van der Waals surface area (Å²) in [6, 6.07) is 5.85. The van der Waals surface area contributed by atoms with Gasteiger partial charge in [-0.25, -0.2) is 0 Å². The number of rotatable bonds is 4. The lowest BCUT2D eigenvalue weighted by molar-refractivity contribution is -0.00620. The van der Waals surface area contributed by atoms with Crippen molar-refractivity contribution in [3.05, 3.63) is 21.8 Å². The second-order valence-corrected chi connectivity index (χ2v) is 5.44. The van der Waals surface area contributed by atoms with Crippen LogP contribution in [0.1, 0.15) is 6.42 Å². The van der Waals surface area contributed by atoms with Crippen LogP contribution in [0.4, 0.5) is 11.4 Å². The SMILES string of the molecule is COC1(CNc2ccc(N)cc2I)CCOC1. The molecule has 5 heteroatoms. The lowest BCUT2D eigenvalue weighted by Crippen LogP contribution is -2.39. The van der Waals surface area contributed by atoms with Crippen LogP contribution in [0.2, 0.25) is 0 Å². The number of hydrogen-bond donors (Lipinski definition) is 2. The number of benzene rings is 1. The molecule has 1 atom stereocenters. The highest BCUT2D eigenvalue weighted by Gasteiger charge is 2.34. The summed E-state index contributed by atoms with van der Waals surface area (Å²) in [5, 5.41) is 3.41. The van der Waals surface area contributed by atoms with Gasteiger partial charge >= 0.3 is 0 Å². The standard InChI is InChI=1S/C12H17IN2O2/c1-16-12(4-5-17-8-12)7-15-11-3-2-9(14)6-10(11)13/h2-3,6,15H,4-5,7-8,14H2,1H3. The van der Waals surface area contributed by atoms with Crippen molar-refractivity contribution in [1.29, 1.82) is 0 Å². The molecule has 0 aromatic heterocycles. The predicted molar refractivity (Wildman–Crippen MR) is 77.2 cm³/mol. The molecular formula is C12H17IN2O2. The van der Waals surface area contributed by atoms with Crippen molar-refractivity contribution in [3.63, 3.8) is 0 Å². The number of anilines is 2. The van der Waals surface area contributed by atoms with E-state index < -0.39 is 0 Å². The molecule has 1 saturated heterocycles. The molecule has 0 aliphatic carbocycles. The van der Waals surface area contributed by atoms with Gasteiger partial charge in [0.15, 0.2) is 0 Å².